The van der Waals surface area contributed by atoms with Gasteiger partial charge in [-0.3, -0.25) is 4.79 Å². The lowest BCUT2D eigenvalue weighted by molar-refractivity contribution is -0.132. The zero-order valence-corrected chi connectivity index (χ0v) is 8.04. The Morgan fingerprint density at radius 2 is 2.08 bits per heavy atom. The van der Waals surface area contributed by atoms with Gasteiger partial charge in [0.1, 0.15) is 0 Å². The molecule has 0 aromatic heterocycles. The predicted octanol–water partition coefficient (Wildman–Crippen LogP) is 1.80. The SMILES string of the molecule is O=C1CCC2CC2C[C@H]2CCCN12. The van der Waals surface area contributed by atoms with Crippen LogP contribution < -0.4 is 0 Å². The third-order valence-electron chi connectivity index (χ3n) is 4.07. The smallest absolute Gasteiger partial charge is 0.222 e. The Hall–Kier alpha value is -0.530. The first-order chi connectivity index (χ1) is 6.34. The molecular weight excluding hydrogens is 162 g/mol. The summed E-state index contributed by atoms with van der Waals surface area (Å²) in [4.78, 5) is 13.9. The minimum absolute atomic E-state index is 0.438. The van der Waals surface area contributed by atoms with Crippen LogP contribution in [0.4, 0.5) is 0 Å². The highest BCUT2D eigenvalue weighted by atomic mass is 16.2. The third-order valence-corrected chi connectivity index (χ3v) is 4.07. The van der Waals surface area contributed by atoms with Crippen LogP contribution >= 0.6 is 0 Å². The van der Waals surface area contributed by atoms with E-state index in [4.69, 9.17) is 0 Å². The highest BCUT2D eigenvalue weighted by Crippen LogP contribution is 2.48. The van der Waals surface area contributed by atoms with E-state index in [0.717, 1.165) is 24.8 Å². The number of hydrogen-bond acceptors (Lipinski definition) is 1. The van der Waals surface area contributed by atoms with Crippen molar-refractivity contribution in [2.45, 2.75) is 44.6 Å². The van der Waals surface area contributed by atoms with E-state index in [1.54, 1.807) is 0 Å². The molecule has 1 aliphatic carbocycles. The van der Waals surface area contributed by atoms with E-state index in [9.17, 15) is 4.79 Å². The molecule has 2 saturated heterocycles. The fraction of sp³-hybridized carbons (Fsp3) is 0.909. The van der Waals surface area contributed by atoms with Gasteiger partial charge in [0.05, 0.1) is 0 Å². The van der Waals surface area contributed by atoms with E-state index in [1.807, 2.05) is 0 Å². The first-order valence-electron chi connectivity index (χ1n) is 5.64. The van der Waals surface area contributed by atoms with Crippen LogP contribution in [0.2, 0.25) is 0 Å². The van der Waals surface area contributed by atoms with Gasteiger partial charge >= 0.3 is 0 Å². The van der Waals surface area contributed by atoms with Crippen LogP contribution in [-0.4, -0.2) is 23.4 Å². The van der Waals surface area contributed by atoms with Gasteiger partial charge in [0.2, 0.25) is 5.91 Å². The Labute approximate surface area is 79.3 Å². The van der Waals surface area contributed by atoms with Crippen LogP contribution in [0.5, 0.6) is 0 Å². The molecule has 1 saturated carbocycles. The first-order valence-corrected chi connectivity index (χ1v) is 5.64. The molecule has 2 unspecified atom stereocenters. The number of fused-ring (bicyclic) bond motifs is 2. The minimum atomic E-state index is 0.438. The molecule has 0 aromatic carbocycles. The van der Waals surface area contributed by atoms with Crippen LogP contribution in [0, 0.1) is 11.8 Å². The number of rotatable bonds is 0. The second-order valence-electron chi connectivity index (χ2n) is 4.91. The van der Waals surface area contributed by atoms with Crippen molar-refractivity contribution in [1.29, 1.82) is 0 Å². The number of nitrogens with zero attached hydrogens (tertiary/aromatic N) is 1. The molecule has 72 valence electrons. The summed E-state index contributed by atoms with van der Waals surface area (Å²) in [5.41, 5.74) is 0. The first kappa shape index (κ1) is 7.84. The largest absolute Gasteiger partial charge is 0.340 e. The summed E-state index contributed by atoms with van der Waals surface area (Å²) < 4.78 is 0. The van der Waals surface area contributed by atoms with E-state index in [1.165, 1.54) is 32.1 Å². The summed E-state index contributed by atoms with van der Waals surface area (Å²) in [6, 6.07) is 0.628. The minimum Gasteiger partial charge on any atom is -0.340 e. The lowest BCUT2D eigenvalue weighted by Crippen LogP contribution is -2.36. The van der Waals surface area contributed by atoms with Gasteiger partial charge in [-0.15, -0.1) is 0 Å². The number of carbonyl (C=O) groups is 1. The second-order valence-corrected chi connectivity index (χ2v) is 4.91. The summed E-state index contributed by atoms with van der Waals surface area (Å²) in [5, 5.41) is 0. The lowest BCUT2D eigenvalue weighted by atomic mass is 10.0. The Bertz CT molecular complexity index is 238. The van der Waals surface area contributed by atoms with Crippen molar-refractivity contribution in [2.75, 3.05) is 6.54 Å². The molecule has 0 bridgehead atoms. The van der Waals surface area contributed by atoms with Crippen molar-refractivity contribution in [3.8, 4) is 0 Å². The molecule has 3 rings (SSSR count). The Balaban J connectivity index is 1.78. The molecule has 2 nitrogen and oxygen atoms in total. The standard InChI is InChI=1S/C11H17NO/c13-11-4-3-8-6-9(8)7-10-2-1-5-12(10)11/h8-10H,1-7H2/t8?,9?,10-/m1/s1. The maximum absolute atomic E-state index is 11.7. The summed E-state index contributed by atoms with van der Waals surface area (Å²) in [6.07, 6.45) is 7.25. The molecule has 0 radical (unpaired) electrons. The maximum atomic E-state index is 11.7. The highest BCUT2D eigenvalue weighted by molar-refractivity contribution is 5.77. The molecule has 2 heteroatoms. The molecule has 3 atom stereocenters. The molecular formula is C11H17NO. The van der Waals surface area contributed by atoms with E-state index in [-0.39, 0.29) is 0 Å². The van der Waals surface area contributed by atoms with Crippen LogP contribution in [0.25, 0.3) is 0 Å². The number of carbonyl (C=O) groups excluding carboxylic acids is 1. The summed E-state index contributed by atoms with van der Waals surface area (Å²) >= 11 is 0. The zero-order valence-electron chi connectivity index (χ0n) is 8.04. The van der Waals surface area contributed by atoms with Gasteiger partial charge in [-0.2, -0.15) is 0 Å². The summed E-state index contributed by atoms with van der Waals surface area (Å²) in [7, 11) is 0. The van der Waals surface area contributed by atoms with Gasteiger partial charge in [0.15, 0.2) is 0 Å². The average molecular weight is 179 g/mol. The van der Waals surface area contributed by atoms with Crippen molar-refractivity contribution < 1.29 is 4.79 Å². The Kier molecular flexibility index (Phi) is 1.64. The second kappa shape index (κ2) is 2.73. The topological polar surface area (TPSA) is 20.3 Å². The van der Waals surface area contributed by atoms with Crippen LogP contribution in [-0.2, 0) is 4.79 Å². The molecule has 0 aromatic rings. The summed E-state index contributed by atoms with van der Waals surface area (Å²) in [6.45, 7) is 1.04. The van der Waals surface area contributed by atoms with Gasteiger partial charge in [-0.05, 0) is 43.9 Å². The van der Waals surface area contributed by atoms with Gasteiger partial charge < -0.3 is 4.90 Å². The van der Waals surface area contributed by atoms with Crippen molar-refractivity contribution in [1.82, 2.24) is 4.90 Å². The van der Waals surface area contributed by atoms with Crippen LogP contribution in [0.15, 0.2) is 0 Å². The normalized spacial score (nSPS) is 43.5. The summed E-state index contributed by atoms with van der Waals surface area (Å²) in [5.74, 6) is 2.35. The van der Waals surface area contributed by atoms with Gasteiger partial charge in [0.25, 0.3) is 0 Å². The molecule has 1 amide bonds. The number of hydrogen-bond donors (Lipinski definition) is 0. The molecule has 3 fully saturated rings. The highest BCUT2D eigenvalue weighted by Gasteiger charge is 2.43. The zero-order chi connectivity index (χ0) is 8.84. The van der Waals surface area contributed by atoms with Crippen LogP contribution in [0.3, 0.4) is 0 Å². The molecule has 3 aliphatic rings. The van der Waals surface area contributed by atoms with E-state index in [2.05, 4.69) is 4.90 Å². The molecule has 0 spiro atoms. The fourth-order valence-corrected chi connectivity index (χ4v) is 3.16. The lowest BCUT2D eigenvalue weighted by Gasteiger charge is -2.26. The monoisotopic (exact) mass is 179 g/mol. The predicted molar refractivity (Wildman–Crippen MR) is 50.2 cm³/mol. The van der Waals surface area contributed by atoms with Crippen molar-refractivity contribution >= 4 is 5.91 Å². The quantitative estimate of drug-likeness (QED) is 0.555. The molecule has 2 aliphatic heterocycles. The van der Waals surface area contributed by atoms with E-state index < -0.39 is 0 Å². The third kappa shape index (κ3) is 1.27. The van der Waals surface area contributed by atoms with Crippen molar-refractivity contribution in [2.24, 2.45) is 11.8 Å². The molecule has 0 N–H and O–H groups in total. The van der Waals surface area contributed by atoms with E-state index >= 15 is 0 Å². The van der Waals surface area contributed by atoms with Crippen LogP contribution in [0.1, 0.15) is 38.5 Å². The Morgan fingerprint density at radius 3 is 3.00 bits per heavy atom. The fourth-order valence-electron chi connectivity index (χ4n) is 3.16. The van der Waals surface area contributed by atoms with Gasteiger partial charge in [-0.25, -0.2) is 0 Å². The van der Waals surface area contributed by atoms with Crippen molar-refractivity contribution in [3.63, 3.8) is 0 Å². The number of amides is 1. The Morgan fingerprint density at radius 1 is 1.15 bits per heavy atom. The van der Waals surface area contributed by atoms with Crippen molar-refractivity contribution in [3.05, 3.63) is 0 Å². The van der Waals surface area contributed by atoms with Gasteiger partial charge in [-0.1, -0.05) is 0 Å². The molecule has 13 heavy (non-hydrogen) atoms. The van der Waals surface area contributed by atoms with Gasteiger partial charge in [0, 0.05) is 19.0 Å². The van der Waals surface area contributed by atoms with E-state index in [0.29, 0.717) is 11.9 Å². The maximum Gasteiger partial charge on any atom is 0.222 e. The molecule has 2 heterocycles. The average Bonchev–Trinajstić information content (AvgIpc) is 2.64.